The van der Waals surface area contributed by atoms with Gasteiger partial charge in [0.2, 0.25) is 0 Å². The fourth-order valence-corrected chi connectivity index (χ4v) is 1.94. The summed E-state index contributed by atoms with van der Waals surface area (Å²) >= 11 is 0. The van der Waals surface area contributed by atoms with E-state index in [0.717, 1.165) is 12.3 Å². The molecule has 0 unspecified atom stereocenters. The predicted molar refractivity (Wildman–Crippen MR) is 67.5 cm³/mol. The second kappa shape index (κ2) is 5.08. The maximum absolute atomic E-state index is 11.7. The molecule has 2 rings (SSSR count). The Kier molecular flexibility index (Phi) is 3.52. The number of carbonyl (C=O) groups is 1. The molecule has 4 nitrogen and oxygen atoms in total. The van der Waals surface area contributed by atoms with Gasteiger partial charge in [-0.3, -0.25) is 0 Å². The van der Waals surface area contributed by atoms with Gasteiger partial charge in [0.25, 0.3) is 0 Å². The molecule has 1 aromatic carbocycles. The minimum absolute atomic E-state index is 0.359. The Morgan fingerprint density at radius 1 is 1.35 bits per heavy atom. The van der Waals surface area contributed by atoms with Crippen molar-refractivity contribution >= 4 is 17.3 Å². The minimum atomic E-state index is -0.359. The number of ether oxygens (including phenoxy) is 1. The molecule has 0 heterocycles. The molecule has 0 radical (unpaired) electrons. The number of hydrogen-bond acceptors (Lipinski definition) is 4. The third kappa shape index (κ3) is 2.90. The first-order chi connectivity index (χ1) is 8.16. The molecule has 0 aliphatic heterocycles. The molecule has 1 aliphatic rings. The smallest absolute Gasteiger partial charge is 0.340 e. The second-order valence-corrected chi connectivity index (χ2v) is 4.57. The van der Waals surface area contributed by atoms with Crippen LogP contribution in [0.5, 0.6) is 0 Å². The highest BCUT2D eigenvalue weighted by atomic mass is 16.5. The van der Waals surface area contributed by atoms with Crippen molar-refractivity contribution in [2.45, 2.75) is 25.7 Å². The van der Waals surface area contributed by atoms with Gasteiger partial charge in [0.15, 0.2) is 0 Å². The molecule has 0 spiro atoms. The van der Waals surface area contributed by atoms with Gasteiger partial charge in [-0.25, -0.2) is 4.79 Å². The molecule has 4 N–H and O–H groups in total. The van der Waals surface area contributed by atoms with E-state index in [0.29, 0.717) is 23.5 Å². The third-order valence-electron chi connectivity index (χ3n) is 3.28. The normalized spacial score (nSPS) is 15.3. The molecule has 0 amide bonds. The summed E-state index contributed by atoms with van der Waals surface area (Å²) in [6.45, 7) is 0.479. The topological polar surface area (TPSA) is 78.3 Å². The van der Waals surface area contributed by atoms with E-state index in [9.17, 15) is 4.79 Å². The van der Waals surface area contributed by atoms with Crippen LogP contribution in [-0.2, 0) is 4.74 Å². The van der Waals surface area contributed by atoms with Gasteiger partial charge < -0.3 is 16.2 Å². The van der Waals surface area contributed by atoms with Gasteiger partial charge in [-0.15, -0.1) is 0 Å². The Balaban J connectivity index is 1.85. The standard InChI is InChI=1S/C13H18N2O2/c14-10-4-5-11(12(15)8-10)13(16)17-7-6-9-2-1-3-9/h4-5,8-9H,1-3,6-7,14-15H2. The van der Waals surface area contributed by atoms with Gasteiger partial charge in [-0.2, -0.15) is 0 Å². The zero-order valence-electron chi connectivity index (χ0n) is 9.82. The van der Waals surface area contributed by atoms with E-state index in [1.54, 1.807) is 18.2 Å². The molecular formula is C13H18N2O2. The van der Waals surface area contributed by atoms with Crippen molar-refractivity contribution in [1.82, 2.24) is 0 Å². The molecule has 1 saturated carbocycles. The molecule has 0 bridgehead atoms. The molecule has 0 saturated heterocycles. The molecule has 1 aromatic rings. The molecule has 17 heavy (non-hydrogen) atoms. The van der Waals surface area contributed by atoms with E-state index in [-0.39, 0.29) is 5.97 Å². The zero-order chi connectivity index (χ0) is 12.3. The van der Waals surface area contributed by atoms with Crippen LogP contribution in [-0.4, -0.2) is 12.6 Å². The summed E-state index contributed by atoms with van der Waals surface area (Å²) in [7, 11) is 0. The maximum atomic E-state index is 11.7. The lowest BCUT2D eigenvalue weighted by Crippen LogP contribution is -2.16. The van der Waals surface area contributed by atoms with Gasteiger partial charge >= 0.3 is 5.97 Å². The van der Waals surface area contributed by atoms with Crippen molar-refractivity contribution < 1.29 is 9.53 Å². The van der Waals surface area contributed by atoms with E-state index < -0.39 is 0 Å². The number of esters is 1. The van der Waals surface area contributed by atoms with Crippen LogP contribution in [0.25, 0.3) is 0 Å². The third-order valence-corrected chi connectivity index (χ3v) is 3.28. The largest absolute Gasteiger partial charge is 0.462 e. The first-order valence-electron chi connectivity index (χ1n) is 5.99. The summed E-state index contributed by atoms with van der Waals surface area (Å²) in [6.07, 6.45) is 4.80. The zero-order valence-corrected chi connectivity index (χ0v) is 9.82. The highest BCUT2D eigenvalue weighted by molar-refractivity contribution is 5.95. The van der Waals surface area contributed by atoms with Crippen LogP contribution < -0.4 is 11.5 Å². The van der Waals surface area contributed by atoms with Gasteiger partial charge in [-0.05, 0) is 30.5 Å². The van der Waals surface area contributed by atoms with E-state index in [1.165, 1.54) is 19.3 Å². The summed E-state index contributed by atoms with van der Waals surface area (Å²) in [5.74, 6) is 0.383. The predicted octanol–water partition coefficient (Wildman–Crippen LogP) is 2.20. The van der Waals surface area contributed by atoms with Crippen LogP contribution in [0.15, 0.2) is 18.2 Å². The molecule has 1 aliphatic carbocycles. The van der Waals surface area contributed by atoms with Crippen molar-refractivity contribution in [2.24, 2.45) is 5.92 Å². The molecular weight excluding hydrogens is 216 g/mol. The summed E-state index contributed by atoms with van der Waals surface area (Å²) in [5.41, 5.74) is 12.6. The summed E-state index contributed by atoms with van der Waals surface area (Å²) < 4.78 is 5.20. The van der Waals surface area contributed by atoms with Crippen molar-refractivity contribution in [3.63, 3.8) is 0 Å². The van der Waals surface area contributed by atoms with Gasteiger partial charge in [0, 0.05) is 11.4 Å². The number of benzene rings is 1. The van der Waals surface area contributed by atoms with Gasteiger partial charge in [0.05, 0.1) is 12.2 Å². The molecule has 1 fully saturated rings. The summed E-state index contributed by atoms with van der Waals surface area (Å²) in [4.78, 5) is 11.7. The highest BCUT2D eigenvalue weighted by Gasteiger charge is 2.18. The van der Waals surface area contributed by atoms with Gasteiger partial charge in [0.1, 0.15) is 0 Å². The second-order valence-electron chi connectivity index (χ2n) is 4.57. The lowest BCUT2D eigenvalue weighted by atomic mass is 9.83. The SMILES string of the molecule is Nc1ccc(C(=O)OCCC2CCC2)c(N)c1. The lowest BCUT2D eigenvalue weighted by Gasteiger charge is -2.24. The number of anilines is 2. The fourth-order valence-electron chi connectivity index (χ4n) is 1.94. The van der Waals surface area contributed by atoms with Gasteiger partial charge in [-0.1, -0.05) is 19.3 Å². The number of rotatable bonds is 4. The van der Waals surface area contributed by atoms with Crippen LogP contribution in [0.3, 0.4) is 0 Å². The van der Waals surface area contributed by atoms with Crippen LogP contribution in [0.4, 0.5) is 11.4 Å². The average molecular weight is 234 g/mol. The van der Waals surface area contributed by atoms with E-state index in [1.807, 2.05) is 0 Å². The van der Waals surface area contributed by atoms with Crippen molar-refractivity contribution in [1.29, 1.82) is 0 Å². The Morgan fingerprint density at radius 2 is 2.12 bits per heavy atom. The Morgan fingerprint density at radius 3 is 2.71 bits per heavy atom. The number of nitrogen functional groups attached to an aromatic ring is 2. The van der Waals surface area contributed by atoms with Crippen LogP contribution in [0, 0.1) is 5.92 Å². The Hall–Kier alpha value is -1.71. The van der Waals surface area contributed by atoms with Crippen molar-refractivity contribution in [3.05, 3.63) is 23.8 Å². The minimum Gasteiger partial charge on any atom is -0.462 e. The molecule has 92 valence electrons. The summed E-state index contributed by atoms with van der Waals surface area (Å²) in [5, 5.41) is 0. The lowest BCUT2D eigenvalue weighted by molar-refractivity contribution is 0.0465. The Labute approximate surface area is 101 Å². The average Bonchev–Trinajstić information content (AvgIpc) is 2.21. The number of carbonyl (C=O) groups excluding carboxylic acids is 1. The Bertz CT molecular complexity index is 414. The fraction of sp³-hybridized carbons (Fsp3) is 0.462. The van der Waals surface area contributed by atoms with E-state index in [4.69, 9.17) is 16.2 Å². The molecule has 0 atom stereocenters. The van der Waals surface area contributed by atoms with Crippen molar-refractivity contribution in [3.8, 4) is 0 Å². The first kappa shape index (κ1) is 11.8. The van der Waals surface area contributed by atoms with Crippen molar-refractivity contribution in [2.75, 3.05) is 18.1 Å². The van der Waals surface area contributed by atoms with Crippen LogP contribution in [0.2, 0.25) is 0 Å². The maximum Gasteiger partial charge on any atom is 0.340 e. The number of hydrogen-bond donors (Lipinski definition) is 2. The van der Waals surface area contributed by atoms with Crippen LogP contribution >= 0.6 is 0 Å². The number of nitrogens with two attached hydrogens (primary N) is 2. The monoisotopic (exact) mass is 234 g/mol. The van der Waals surface area contributed by atoms with Crippen LogP contribution in [0.1, 0.15) is 36.0 Å². The molecule has 0 aromatic heterocycles. The summed E-state index contributed by atoms with van der Waals surface area (Å²) in [6, 6.07) is 4.83. The first-order valence-corrected chi connectivity index (χ1v) is 5.99. The molecule has 4 heteroatoms. The van der Waals surface area contributed by atoms with E-state index in [2.05, 4.69) is 0 Å². The quantitative estimate of drug-likeness (QED) is 0.618. The van der Waals surface area contributed by atoms with E-state index >= 15 is 0 Å². The highest BCUT2D eigenvalue weighted by Crippen LogP contribution is 2.29.